The Balaban J connectivity index is 2.39. The van der Waals surface area contributed by atoms with Gasteiger partial charge in [-0.15, -0.1) is 0 Å². The van der Waals surface area contributed by atoms with E-state index in [0.29, 0.717) is 6.42 Å². The van der Waals surface area contributed by atoms with Crippen molar-refractivity contribution in [1.82, 2.24) is 0 Å². The number of rotatable bonds is 4. The summed E-state index contributed by atoms with van der Waals surface area (Å²) < 4.78 is 15.9. The zero-order valence-electron chi connectivity index (χ0n) is 13.4. The minimum absolute atomic E-state index is 0.0660. The van der Waals surface area contributed by atoms with Crippen LogP contribution in [0.4, 0.5) is 0 Å². The Kier molecular flexibility index (Phi) is 3.34. The van der Waals surface area contributed by atoms with Crippen LogP contribution >= 0.6 is 17.0 Å². The number of halogens is 2. The fourth-order valence-corrected chi connectivity index (χ4v) is 25.9. The molecule has 1 aliphatic rings. The summed E-state index contributed by atoms with van der Waals surface area (Å²) in [6.07, 6.45) is 0.346. The molecule has 0 spiro atoms. The molecule has 23 heavy (non-hydrogen) atoms. The van der Waals surface area contributed by atoms with Crippen LogP contribution in [0.15, 0.2) is 48.5 Å². The van der Waals surface area contributed by atoms with E-state index in [1.807, 2.05) is 48.5 Å². The summed E-state index contributed by atoms with van der Waals surface area (Å²) in [4.78, 5) is 0. The fraction of sp³-hybridized carbons (Fsp3) is 0.294. The van der Waals surface area contributed by atoms with E-state index in [1.54, 1.807) is 4.63 Å². The molecule has 0 atom stereocenters. The van der Waals surface area contributed by atoms with Crippen LogP contribution in [0.1, 0.15) is 21.2 Å². The standard InChI is InChI=1S/C13H9.C3H7O.CH3.2ClH.O.H3Si.Zr/c1-3-7-12-10(5-1)9-11-6-2-4-8-13(11)12;1-2-3-4;;;;;;/h1-9H;4H,1-3H2;1H3;2*1H;;1H3;/q;;;;;;;+2/p-2. The molecule has 2 aromatic carbocycles. The van der Waals surface area contributed by atoms with Gasteiger partial charge in [-0.1, -0.05) is 0 Å². The van der Waals surface area contributed by atoms with Crippen LogP contribution in [0.3, 0.4) is 0 Å². The van der Waals surface area contributed by atoms with Crippen LogP contribution in [0.2, 0.25) is 8.76 Å². The van der Waals surface area contributed by atoms with Gasteiger partial charge in [-0.05, 0) is 0 Å². The first-order valence-electron chi connectivity index (χ1n) is 8.02. The number of benzene rings is 2. The van der Waals surface area contributed by atoms with E-state index < -0.39 is 16.2 Å². The van der Waals surface area contributed by atoms with Gasteiger partial charge in [0.15, 0.2) is 0 Å². The van der Waals surface area contributed by atoms with Crippen molar-refractivity contribution in [3.8, 4) is 11.1 Å². The molecule has 2 aromatic rings. The Labute approximate surface area is 140 Å². The third kappa shape index (κ3) is 2.98. The third-order valence-electron chi connectivity index (χ3n) is 5.22. The van der Waals surface area contributed by atoms with Crippen molar-refractivity contribution < 1.29 is 20.5 Å². The predicted octanol–water partition coefficient (Wildman–Crippen LogP) is 4.30. The van der Waals surface area contributed by atoms with Crippen molar-refractivity contribution in [2.75, 3.05) is 6.61 Å². The predicted molar refractivity (Wildman–Crippen MR) is 98.4 cm³/mol. The molecule has 0 aliphatic heterocycles. The first-order chi connectivity index (χ1) is 10.4. The molecule has 124 valence electrons. The second-order valence-corrected chi connectivity index (χ2v) is 80.7. The maximum absolute atomic E-state index is 14.6. The zero-order chi connectivity index (χ0) is 17.0. The molecule has 0 bridgehead atoms. The molecule has 0 unspecified atom stereocenters. The van der Waals surface area contributed by atoms with Gasteiger partial charge in [0, 0.05) is 0 Å². The molecule has 3 rings (SSSR count). The molecule has 1 aliphatic carbocycles. The maximum atomic E-state index is 14.6. The van der Waals surface area contributed by atoms with Gasteiger partial charge in [0.05, 0.1) is 0 Å². The van der Waals surface area contributed by atoms with E-state index in [9.17, 15) is 7.92 Å². The van der Waals surface area contributed by atoms with E-state index in [1.165, 1.54) is 0 Å². The summed E-state index contributed by atoms with van der Waals surface area (Å²) in [5.74, 6) is 0. The quantitative estimate of drug-likeness (QED) is 0.709. The van der Waals surface area contributed by atoms with Crippen LogP contribution in [-0.4, -0.2) is 19.1 Å². The number of hydrogen-bond acceptors (Lipinski definition) is 2. The van der Waals surface area contributed by atoms with Gasteiger partial charge in [-0.25, -0.2) is 0 Å². The van der Waals surface area contributed by atoms with Crippen LogP contribution in [0.25, 0.3) is 11.1 Å². The van der Waals surface area contributed by atoms with Gasteiger partial charge < -0.3 is 0 Å². The molecule has 1 N–H and O–H groups in total. The van der Waals surface area contributed by atoms with Gasteiger partial charge in [-0.2, -0.15) is 0 Å². The van der Waals surface area contributed by atoms with Gasteiger partial charge in [0.1, 0.15) is 0 Å². The average Bonchev–Trinajstić information content (AvgIpc) is 2.80. The Bertz CT molecular complexity index is 866. The molecule has 0 saturated heterocycles. The first-order valence-corrected chi connectivity index (χ1v) is 29.3. The van der Waals surface area contributed by atoms with Crippen molar-refractivity contribution in [3.05, 3.63) is 59.7 Å². The van der Waals surface area contributed by atoms with Crippen LogP contribution < -0.4 is 0 Å². The van der Waals surface area contributed by atoms with Crippen molar-refractivity contribution in [2.45, 2.75) is 18.8 Å². The molecule has 0 radical (unpaired) electrons. The Morgan fingerprint density at radius 1 is 1.04 bits per heavy atom. The summed E-state index contributed by atoms with van der Waals surface area (Å²) in [6, 6.07) is 15.9. The van der Waals surface area contributed by atoms with Crippen molar-refractivity contribution in [2.24, 2.45) is 0 Å². The summed E-state index contributed by atoms with van der Waals surface area (Å²) >= 11 is -6.28. The normalized spacial score (nSPS) is 19.2. The van der Waals surface area contributed by atoms with E-state index in [-0.39, 0.29) is 18.1 Å². The number of fused-ring (bicyclic) bond motifs is 3. The molecule has 2 nitrogen and oxygen atoms in total. The van der Waals surface area contributed by atoms with Crippen LogP contribution in [0, 0.1) is 0 Å². The Morgan fingerprint density at radius 2 is 1.48 bits per heavy atom. The molecular weight excluding hydrogens is 426 g/mol. The van der Waals surface area contributed by atoms with Gasteiger partial charge >= 0.3 is 141 Å². The Hall–Kier alpha value is -0.120. The molecular formula is C17H22Cl2O2SiZr. The molecule has 0 heterocycles. The van der Waals surface area contributed by atoms with E-state index in [2.05, 4.69) is 0 Å². The zero-order valence-corrected chi connectivity index (χ0v) is 19.4. The Morgan fingerprint density at radius 3 is 1.91 bits per heavy atom. The summed E-state index contributed by atoms with van der Waals surface area (Å²) in [5, 5.41) is 9.30. The summed E-state index contributed by atoms with van der Waals surface area (Å²) in [5.41, 5.74) is 4.01. The number of aliphatic hydroxyl groups is 1. The van der Waals surface area contributed by atoms with Gasteiger partial charge in [0.2, 0.25) is 0 Å². The number of hydrogen-bond donors (Lipinski definition) is 1. The van der Waals surface area contributed by atoms with Crippen molar-refractivity contribution in [1.29, 1.82) is 0 Å². The summed E-state index contributed by atoms with van der Waals surface area (Å²) in [7, 11) is 14.4. The molecule has 0 saturated carbocycles. The molecule has 0 fully saturated rings. The number of aliphatic hydroxyl groups excluding tert-OH is 1. The topological polar surface area (TPSA) is 37.3 Å². The minimum atomic E-state index is -6.28. The first kappa shape index (κ1) is 17.7. The van der Waals surface area contributed by atoms with Crippen LogP contribution in [-0.2, 0) is 15.4 Å². The van der Waals surface area contributed by atoms with E-state index in [4.69, 9.17) is 17.0 Å². The second-order valence-electron chi connectivity index (χ2n) is 8.56. The monoisotopic (exact) mass is 446 g/mol. The van der Waals surface area contributed by atoms with Gasteiger partial charge in [-0.3, -0.25) is 0 Å². The van der Waals surface area contributed by atoms with Gasteiger partial charge in [0.25, 0.3) is 0 Å². The second kappa shape index (κ2) is 4.34. The van der Waals surface area contributed by atoms with Crippen molar-refractivity contribution >= 4 is 24.4 Å². The third-order valence-corrected chi connectivity index (χ3v) is 28.9. The molecule has 0 aromatic heterocycles. The van der Waals surface area contributed by atoms with Crippen molar-refractivity contribution in [3.63, 3.8) is 0 Å². The van der Waals surface area contributed by atoms with E-state index in [0.717, 1.165) is 22.3 Å². The summed E-state index contributed by atoms with van der Waals surface area (Å²) in [6.45, 7) is -0.0660. The fourth-order valence-electron chi connectivity index (χ4n) is 4.24. The SMILES string of the molecule is [CH3][Zr](=[O])([SiH3])([Cl])([Cl])([CH2]CCO)[CH]1c2ccccc2-c2ccccc21. The van der Waals surface area contributed by atoms with Crippen LogP contribution in [0.5, 0.6) is 0 Å². The molecule has 0 amide bonds. The average molecular weight is 449 g/mol. The molecule has 6 heteroatoms. The van der Waals surface area contributed by atoms with E-state index >= 15 is 0 Å².